The fourth-order valence-corrected chi connectivity index (χ4v) is 2.70. The molecule has 3 rings (SSSR count). The molecule has 94 valence electrons. The van der Waals surface area contributed by atoms with E-state index in [0.29, 0.717) is 0 Å². The Morgan fingerprint density at radius 1 is 1.50 bits per heavy atom. The number of aromatic nitrogens is 1. The lowest BCUT2D eigenvalue weighted by molar-refractivity contribution is -0.384. The molecule has 0 aliphatic heterocycles. The molecule has 0 saturated heterocycles. The number of aryl methyl sites for hydroxylation is 1. The number of fused-ring (bicyclic) bond motifs is 3. The Morgan fingerprint density at radius 2 is 2.33 bits per heavy atom. The normalized spacial score (nSPS) is 18.8. The Labute approximate surface area is 104 Å². The van der Waals surface area contributed by atoms with E-state index >= 15 is 0 Å². The Bertz CT molecular complexity index is 618. The highest BCUT2D eigenvalue weighted by molar-refractivity contribution is 5.86. The van der Waals surface area contributed by atoms with Gasteiger partial charge >= 0.3 is 0 Å². The molecule has 5 heteroatoms. The predicted octanol–water partition coefficient (Wildman–Crippen LogP) is 2.58. The van der Waals surface area contributed by atoms with Crippen molar-refractivity contribution in [2.75, 3.05) is 7.11 Å². The zero-order chi connectivity index (χ0) is 12.7. The summed E-state index contributed by atoms with van der Waals surface area (Å²) in [4.78, 5) is 13.7. The summed E-state index contributed by atoms with van der Waals surface area (Å²) in [6, 6.07) is 5.00. The number of nitro groups is 1. The van der Waals surface area contributed by atoms with Gasteiger partial charge in [0, 0.05) is 36.7 Å². The van der Waals surface area contributed by atoms with Gasteiger partial charge in [0.1, 0.15) is 0 Å². The third-order valence-corrected chi connectivity index (χ3v) is 3.67. The van der Waals surface area contributed by atoms with E-state index in [0.717, 1.165) is 30.2 Å². The molecular weight excluding hydrogens is 232 g/mol. The first-order valence-corrected chi connectivity index (χ1v) is 5.99. The fourth-order valence-electron chi connectivity index (χ4n) is 2.70. The fraction of sp³-hybridized carbons (Fsp3) is 0.385. The molecule has 1 heterocycles. The van der Waals surface area contributed by atoms with Gasteiger partial charge in [-0.25, -0.2) is 0 Å². The second-order valence-electron chi connectivity index (χ2n) is 4.67. The number of nitrogens with zero attached hydrogens (tertiary/aromatic N) is 1. The quantitative estimate of drug-likeness (QED) is 0.654. The number of H-pyrrole nitrogens is 1. The molecule has 2 aromatic rings. The summed E-state index contributed by atoms with van der Waals surface area (Å²) in [7, 11) is 1.73. The van der Waals surface area contributed by atoms with Gasteiger partial charge in [0.2, 0.25) is 0 Å². The minimum Gasteiger partial charge on any atom is -0.381 e. The van der Waals surface area contributed by atoms with Crippen LogP contribution in [0.2, 0.25) is 0 Å². The Hall–Kier alpha value is -1.88. The van der Waals surface area contributed by atoms with Crippen molar-refractivity contribution >= 4 is 16.6 Å². The molecule has 18 heavy (non-hydrogen) atoms. The second kappa shape index (κ2) is 4.10. The first kappa shape index (κ1) is 11.2. The van der Waals surface area contributed by atoms with E-state index in [9.17, 15) is 10.1 Å². The summed E-state index contributed by atoms with van der Waals surface area (Å²) in [6.45, 7) is 0. The van der Waals surface area contributed by atoms with Crippen LogP contribution in [0.5, 0.6) is 0 Å². The molecule has 1 N–H and O–H groups in total. The van der Waals surface area contributed by atoms with Crippen LogP contribution in [0.4, 0.5) is 5.69 Å². The monoisotopic (exact) mass is 246 g/mol. The van der Waals surface area contributed by atoms with E-state index in [1.54, 1.807) is 19.2 Å². The van der Waals surface area contributed by atoms with Gasteiger partial charge in [-0.1, -0.05) is 0 Å². The molecule has 1 aliphatic rings. The van der Waals surface area contributed by atoms with Crippen LogP contribution >= 0.6 is 0 Å². The summed E-state index contributed by atoms with van der Waals surface area (Å²) in [5.74, 6) is 0. The first-order chi connectivity index (χ1) is 8.69. The minimum atomic E-state index is -0.364. The van der Waals surface area contributed by atoms with Crippen molar-refractivity contribution < 1.29 is 9.66 Å². The number of benzene rings is 1. The molecule has 1 atom stereocenters. The third kappa shape index (κ3) is 1.67. The number of nitrogens with one attached hydrogen (secondary N) is 1. The Morgan fingerprint density at radius 3 is 3.06 bits per heavy atom. The van der Waals surface area contributed by atoms with Gasteiger partial charge in [0.15, 0.2) is 0 Å². The van der Waals surface area contributed by atoms with Crippen LogP contribution in [-0.2, 0) is 17.6 Å². The molecule has 0 saturated carbocycles. The van der Waals surface area contributed by atoms with Gasteiger partial charge in [-0.15, -0.1) is 0 Å². The van der Waals surface area contributed by atoms with E-state index in [4.69, 9.17) is 4.74 Å². The number of hydrogen-bond acceptors (Lipinski definition) is 3. The molecule has 1 aliphatic carbocycles. The van der Waals surface area contributed by atoms with Gasteiger partial charge in [-0.2, -0.15) is 0 Å². The largest absolute Gasteiger partial charge is 0.381 e. The number of aromatic amines is 1. The van der Waals surface area contributed by atoms with E-state index in [2.05, 4.69) is 4.98 Å². The molecule has 1 aromatic carbocycles. The Balaban J connectivity index is 2.11. The van der Waals surface area contributed by atoms with Crippen LogP contribution in [-0.4, -0.2) is 23.1 Å². The summed E-state index contributed by atoms with van der Waals surface area (Å²) >= 11 is 0. The van der Waals surface area contributed by atoms with Crippen LogP contribution in [0, 0.1) is 10.1 Å². The van der Waals surface area contributed by atoms with Crippen molar-refractivity contribution in [3.05, 3.63) is 39.6 Å². The van der Waals surface area contributed by atoms with Crippen molar-refractivity contribution in [1.82, 2.24) is 4.98 Å². The number of nitro benzene ring substituents is 1. The number of non-ortho nitro benzene ring substituents is 1. The topological polar surface area (TPSA) is 68.2 Å². The van der Waals surface area contributed by atoms with Crippen LogP contribution < -0.4 is 0 Å². The standard InChI is InChI=1S/C13H14N2O3/c1-18-9-3-5-12-11(7-9)10-4-2-8(15(16)17)6-13(10)14-12/h2,4,6,9,14H,3,5,7H2,1H3. The molecule has 5 nitrogen and oxygen atoms in total. The molecular formula is C13H14N2O3. The van der Waals surface area contributed by atoms with E-state index in [1.165, 1.54) is 11.3 Å². The van der Waals surface area contributed by atoms with E-state index < -0.39 is 0 Å². The first-order valence-electron chi connectivity index (χ1n) is 5.99. The van der Waals surface area contributed by atoms with Gasteiger partial charge in [0.05, 0.1) is 16.5 Å². The van der Waals surface area contributed by atoms with Gasteiger partial charge in [-0.3, -0.25) is 10.1 Å². The maximum absolute atomic E-state index is 10.8. The highest BCUT2D eigenvalue weighted by atomic mass is 16.6. The average Bonchev–Trinajstić information content (AvgIpc) is 2.75. The van der Waals surface area contributed by atoms with Crippen LogP contribution in [0.15, 0.2) is 18.2 Å². The van der Waals surface area contributed by atoms with Crippen molar-refractivity contribution in [3.63, 3.8) is 0 Å². The summed E-state index contributed by atoms with van der Waals surface area (Å²) in [5, 5.41) is 11.8. The van der Waals surface area contributed by atoms with Crippen LogP contribution in [0.1, 0.15) is 17.7 Å². The molecule has 0 amide bonds. The number of hydrogen-bond donors (Lipinski definition) is 1. The molecule has 1 unspecified atom stereocenters. The molecule has 0 radical (unpaired) electrons. The Kier molecular flexibility index (Phi) is 2.56. The molecule has 1 aromatic heterocycles. The lowest BCUT2D eigenvalue weighted by Crippen LogP contribution is -2.20. The molecule has 0 spiro atoms. The van der Waals surface area contributed by atoms with Crippen LogP contribution in [0.25, 0.3) is 10.9 Å². The van der Waals surface area contributed by atoms with Crippen molar-refractivity contribution in [1.29, 1.82) is 0 Å². The van der Waals surface area contributed by atoms with Crippen molar-refractivity contribution in [3.8, 4) is 0 Å². The highest BCUT2D eigenvalue weighted by Gasteiger charge is 2.22. The van der Waals surface area contributed by atoms with Gasteiger partial charge in [0.25, 0.3) is 5.69 Å². The zero-order valence-corrected chi connectivity index (χ0v) is 10.1. The average molecular weight is 246 g/mol. The van der Waals surface area contributed by atoms with Gasteiger partial charge < -0.3 is 9.72 Å². The molecule has 0 fully saturated rings. The zero-order valence-electron chi connectivity index (χ0n) is 10.1. The molecule has 0 bridgehead atoms. The van der Waals surface area contributed by atoms with Crippen LogP contribution in [0.3, 0.4) is 0 Å². The number of rotatable bonds is 2. The minimum absolute atomic E-state index is 0.129. The summed E-state index contributed by atoms with van der Waals surface area (Å²) in [5.41, 5.74) is 3.42. The third-order valence-electron chi connectivity index (χ3n) is 3.67. The predicted molar refractivity (Wildman–Crippen MR) is 67.8 cm³/mol. The number of methoxy groups -OCH3 is 1. The smallest absolute Gasteiger partial charge is 0.271 e. The van der Waals surface area contributed by atoms with E-state index in [1.807, 2.05) is 6.07 Å². The highest BCUT2D eigenvalue weighted by Crippen LogP contribution is 2.31. The van der Waals surface area contributed by atoms with Crippen molar-refractivity contribution in [2.24, 2.45) is 0 Å². The number of ether oxygens (including phenoxy) is 1. The van der Waals surface area contributed by atoms with E-state index in [-0.39, 0.29) is 16.7 Å². The summed E-state index contributed by atoms with van der Waals surface area (Å²) < 4.78 is 5.41. The summed E-state index contributed by atoms with van der Waals surface area (Å²) in [6.07, 6.45) is 3.07. The maximum atomic E-state index is 10.8. The lowest BCUT2D eigenvalue weighted by Gasteiger charge is -2.20. The second-order valence-corrected chi connectivity index (χ2v) is 4.67. The maximum Gasteiger partial charge on any atom is 0.271 e. The van der Waals surface area contributed by atoms with Gasteiger partial charge in [-0.05, 0) is 24.5 Å². The lowest BCUT2D eigenvalue weighted by atomic mass is 9.93. The van der Waals surface area contributed by atoms with Crippen molar-refractivity contribution in [2.45, 2.75) is 25.4 Å². The SMILES string of the molecule is COC1CCc2[nH]c3cc([N+](=O)[O-])ccc3c2C1.